The van der Waals surface area contributed by atoms with Crippen molar-refractivity contribution in [2.75, 3.05) is 38.0 Å². The number of rotatable bonds is 17. The summed E-state index contributed by atoms with van der Waals surface area (Å²) in [5.41, 5.74) is 9.55. The normalized spacial score (nSPS) is 14.6. The number of aromatic nitrogens is 2. The summed E-state index contributed by atoms with van der Waals surface area (Å²) in [5, 5.41) is 8.40. The van der Waals surface area contributed by atoms with Crippen LogP contribution in [0.15, 0.2) is 96.4 Å². The fraction of sp³-hybridized carbons (Fsp3) is 0.327. The number of hydrazine groups is 1. The molecule has 0 spiro atoms. The molecule has 6 N–H and O–H groups in total. The Morgan fingerprint density at radius 1 is 0.831 bits per heavy atom. The van der Waals surface area contributed by atoms with Gasteiger partial charge in [0.15, 0.2) is 11.5 Å². The number of nitrogens with two attached hydrogens (primary N) is 1. The molecular weight excluding hydrogens is 827 g/mol. The molecule has 0 saturated carbocycles. The number of fused-ring (bicyclic) bond motifs is 2. The van der Waals surface area contributed by atoms with E-state index in [0.717, 1.165) is 27.8 Å². The highest BCUT2D eigenvalue weighted by atomic mass is 16.5. The Kier molecular flexibility index (Phi) is 13.4. The zero-order valence-corrected chi connectivity index (χ0v) is 38.1. The maximum Gasteiger partial charge on any atom is 0.272 e. The van der Waals surface area contributed by atoms with E-state index in [1.54, 1.807) is 70.9 Å². The van der Waals surface area contributed by atoms with E-state index in [9.17, 15) is 19.2 Å². The molecule has 2 aliphatic rings. The lowest BCUT2D eigenvalue weighted by Crippen LogP contribution is -2.49. The van der Waals surface area contributed by atoms with Crippen LogP contribution in [0.2, 0.25) is 0 Å². The smallest absolute Gasteiger partial charge is 0.272 e. The van der Waals surface area contributed by atoms with Gasteiger partial charge < -0.3 is 44.2 Å². The van der Waals surface area contributed by atoms with E-state index in [-0.39, 0.29) is 48.2 Å². The van der Waals surface area contributed by atoms with Crippen molar-refractivity contribution in [1.29, 1.82) is 0 Å². The number of anilines is 2. The predicted molar refractivity (Wildman–Crippen MR) is 251 cm³/mol. The van der Waals surface area contributed by atoms with E-state index in [2.05, 4.69) is 45.6 Å². The standard InChI is InChI=1S/C49H57N9O7/c1-48(2,55-50)29-65-49(3,4)34-15-11-30(12-16-34)32-20-37-25-52-39-24-43(42(63-8)23-38(39)47(62)58(37)27-32)64-19-9-10-44(59)53-36-22-41(57(7)28-36)46(61)54-35-17-13-31(14-18-35)33-21-40(45(60)51-5)56(6)26-33/h11-18,21-28,37,55H,9-10,19-20,29,50H2,1-8H3,(H,51,60)(H,53,59)(H,54,61). The van der Waals surface area contributed by atoms with Gasteiger partial charge in [0.1, 0.15) is 11.4 Å². The minimum absolute atomic E-state index is 0.156. The fourth-order valence-corrected chi connectivity index (χ4v) is 7.66. The number of aliphatic imine (C=N–C) groups is 1. The Labute approximate surface area is 378 Å². The van der Waals surface area contributed by atoms with Gasteiger partial charge in [-0.05, 0) is 86.7 Å². The van der Waals surface area contributed by atoms with Gasteiger partial charge in [-0.25, -0.2) is 0 Å². The maximum absolute atomic E-state index is 14.0. The number of amides is 4. The molecule has 65 heavy (non-hydrogen) atoms. The van der Waals surface area contributed by atoms with E-state index >= 15 is 0 Å². The number of hydrogen-bond donors (Lipinski definition) is 5. The van der Waals surface area contributed by atoms with Crippen molar-refractivity contribution in [3.63, 3.8) is 0 Å². The highest BCUT2D eigenvalue weighted by Gasteiger charge is 2.34. The second-order valence-corrected chi connectivity index (χ2v) is 17.4. The number of nitrogens with zero attached hydrogens (tertiary/aromatic N) is 4. The molecule has 0 aliphatic carbocycles. The summed E-state index contributed by atoms with van der Waals surface area (Å²) < 4.78 is 21.3. The Morgan fingerprint density at radius 2 is 1.52 bits per heavy atom. The monoisotopic (exact) mass is 883 g/mol. The highest BCUT2D eigenvalue weighted by molar-refractivity contribution is 6.06. The van der Waals surface area contributed by atoms with Crippen molar-refractivity contribution in [1.82, 2.24) is 24.8 Å². The van der Waals surface area contributed by atoms with Gasteiger partial charge in [0.2, 0.25) is 5.91 Å². The number of benzene rings is 3. The van der Waals surface area contributed by atoms with Crippen molar-refractivity contribution in [3.05, 3.63) is 119 Å². The van der Waals surface area contributed by atoms with Crippen LogP contribution in [-0.4, -0.2) is 82.8 Å². The predicted octanol–water partition coefficient (Wildman–Crippen LogP) is 6.91. The molecule has 0 radical (unpaired) electrons. The van der Waals surface area contributed by atoms with Gasteiger partial charge in [0.25, 0.3) is 17.7 Å². The summed E-state index contributed by atoms with van der Waals surface area (Å²) in [6.07, 6.45) is 8.39. The maximum atomic E-state index is 14.0. The second-order valence-electron chi connectivity index (χ2n) is 17.4. The van der Waals surface area contributed by atoms with Crippen molar-refractivity contribution in [2.45, 2.75) is 64.1 Å². The summed E-state index contributed by atoms with van der Waals surface area (Å²) in [6, 6.07) is 22.1. The summed E-state index contributed by atoms with van der Waals surface area (Å²) in [5.74, 6) is 5.50. The molecule has 4 amide bonds. The second kappa shape index (κ2) is 19.0. The van der Waals surface area contributed by atoms with Crippen molar-refractivity contribution in [3.8, 4) is 22.6 Å². The molecular formula is C49H57N9O7. The largest absolute Gasteiger partial charge is 0.493 e. The van der Waals surface area contributed by atoms with Crippen LogP contribution in [0.1, 0.15) is 89.4 Å². The molecule has 4 heterocycles. The number of aryl methyl sites for hydroxylation is 2. The third kappa shape index (κ3) is 10.4. The van der Waals surface area contributed by atoms with E-state index in [4.69, 9.17) is 25.0 Å². The van der Waals surface area contributed by atoms with Crippen LogP contribution >= 0.6 is 0 Å². The van der Waals surface area contributed by atoms with Gasteiger partial charge in [-0.3, -0.25) is 35.4 Å². The Hall–Kier alpha value is -7.01. The molecule has 1 atom stereocenters. The highest BCUT2D eigenvalue weighted by Crippen LogP contribution is 2.40. The molecule has 3 aromatic carbocycles. The lowest BCUT2D eigenvalue weighted by molar-refractivity contribution is -0.116. The zero-order chi connectivity index (χ0) is 46.6. The molecule has 16 heteroatoms. The molecule has 2 aliphatic heterocycles. The van der Waals surface area contributed by atoms with Gasteiger partial charge >= 0.3 is 0 Å². The first-order valence-electron chi connectivity index (χ1n) is 21.4. The number of carbonyl (C=O) groups excluding carboxylic acids is 4. The van der Waals surface area contributed by atoms with Gasteiger partial charge in [-0.15, -0.1) is 0 Å². The topological polar surface area (TPSA) is 196 Å². The van der Waals surface area contributed by atoms with E-state index in [1.165, 1.54) is 7.11 Å². The summed E-state index contributed by atoms with van der Waals surface area (Å²) in [4.78, 5) is 58.7. The number of nitrogens with one attached hydrogen (secondary N) is 4. The molecule has 2 aromatic heterocycles. The van der Waals surface area contributed by atoms with Gasteiger partial charge in [-0.1, -0.05) is 36.4 Å². The number of carbonyl (C=O) groups is 4. The lowest BCUT2D eigenvalue weighted by atomic mass is 9.94. The van der Waals surface area contributed by atoms with Crippen molar-refractivity contribution in [2.24, 2.45) is 24.9 Å². The fourth-order valence-electron chi connectivity index (χ4n) is 7.66. The summed E-state index contributed by atoms with van der Waals surface area (Å²) in [6.45, 7) is 8.64. The molecule has 340 valence electrons. The molecule has 7 rings (SSSR count). The zero-order valence-electron chi connectivity index (χ0n) is 38.1. The first-order valence-corrected chi connectivity index (χ1v) is 21.4. The van der Waals surface area contributed by atoms with Crippen LogP contribution in [-0.2, 0) is 29.2 Å². The van der Waals surface area contributed by atoms with Crippen LogP contribution < -0.4 is 36.7 Å². The molecule has 0 bridgehead atoms. The Balaban J connectivity index is 0.906. The quantitative estimate of drug-likeness (QED) is 0.0375. The van der Waals surface area contributed by atoms with Gasteiger partial charge in [-0.2, -0.15) is 0 Å². The van der Waals surface area contributed by atoms with Crippen LogP contribution in [0.25, 0.3) is 16.7 Å². The average molecular weight is 884 g/mol. The minimum Gasteiger partial charge on any atom is -0.493 e. The lowest BCUT2D eigenvalue weighted by Gasteiger charge is -2.32. The molecule has 5 aromatic rings. The van der Waals surface area contributed by atoms with Crippen LogP contribution in [0.5, 0.6) is 11.5 Å². The number of hydrogen-bond acceptors (Lipinski definition) is 10. The average Bonchev–Trinajstić information content (AvgIpc) is 4.00. The number of ether oxygens (including phenoxy) is 3. The first-order chi connectivity index (χ1) is 31.0. The summed E-state index contributed by atoms with van der Waals surface area (Å²) >= 11 is 0. The Bertz CT molecular complexity index is 2660. The third-order valence-corrected chi connectivity index (χ3v) is 11.6. The molecule has 0 fully saturated rings. The van der Waals surface area contributed by atoms with Crippen LogP contribution in [0.4, 0.5) is 17.1 Å². The minimum atomic E-state index is -0.532. The van der Waals surface area contributed by atoms with E-state index < -0.39 is 5.60 Å². The molecule has 0 saturated heterocycles. The SMILES string of the molecule is CNC(=O)c1cc(-c2ccc(NC(=O)c3cc(NC(=O)CCCOc4cc5c(cc4OC)C(=O)N4C=C(c6ccc(C(C)(C)OCC(C)(C)NN)cc6)CC4C=N5)cn3C)cc2)cn1C. The van der Waals surface area contributed by atoms with Crippen LogP contribution in [0, 0.1) is 0 Å². The van der Waals surface area contributed by atoms with Gasteiger partial charge in [0, 0.05) is 81.6 Å². The third-order valence-electron chi connectivity index (χ3n) is 11.6. The van der Waals surface area contributed by atoms with E-state index in [1.807, 2.05) is 65.3 Å². The van der Waals surface area contributed by atoms with Crippen molar-refractivity contribution >= 4 is 52.5 Å². The van der Waals surface area contributed by atoms with Crippen molar-refractivity contribution < 1.29 is 33.4 Å². The molecule has 1 unspecified atom stereocenters. The van der Waals surface area contributed by atoms with Gasteiger partial charge in [0.05, 0.1) is 48.9 Å². The van der Waals surface area contributed by atoms with E-state index in [0.29, 0.717) is 65.0 Å². The summed E-state index contributed by atoms with van der Waals surface area (Å²) in [7, 11) is 6.64. The molecule has 16 nitrogen and oxygen atoms in total. The number of methoxy groups -OCH3 is 1. The Morgan fingerprint density at radius 3 is 2.22 bits per heavy atom. The van der Waals surface area contributed by atoms with Crippen LogP contribution in [0.3, 0.4) is 0 Å². The first kappa shape index (κ1) is 46.0.